The van der Waals surface area contributed by atoms with Gasteiger partial charge in [-0.25, -0.2) is 0 Å². The molecule has 1 aromatic carbocycles. The zero-order valence-corrected chi connectivity index (χ0v) is 21.1. The summed E-state index contributed by atoms with van der Waals surface area (Å²) >= 11 is 1.12. The third kappa shape index (κ3) is 5.87. The van der Waals surface area contributed by atoms with E-state index in [0.29, 0.717) is 23.7 Å². The molecular formula is C25H34N6O3S. The van der Waals surface area contributed by atoms with Gasteiger partial charge in [-0.2, -0.15) is 0 Å². The van der Waals surface area contributed by atoms with Crippen LogP contribution in [0.3, 0.4) is 0 Å². The second-order valence-electron chi connectivity index (χ2n) is 9.39. The van der Waals surface area contributed by atoms with Crippen LogP contribution in [0, 0.1) is 5.92 Å². The summed E-state index contributed by atoms with van der Waals surface area (Å²) < 4.78 is 4.02. The Morgan fingerprint density at radius 1 is 1.06 bits per heavy atom. The van der Waals surface area contributed by atoms with E-state index in [1.54, 1.807) is 18.9 Å². The summed E-state index contributed by atoms with van der Waals surface area (Å²) in [4.78, 5) is 41.5. The maximum atomic E-state index is 13.8. The minimum atomic E-state index is -0.614. The number of hydrogen-bond donors (Lipinski definition) is 3. The first-order chi connectivity index (χ1) is 17.0. The van der Waals surface area contributed by atoms with Crippen LogP contribution in [0.2, 0.25) is 0 Å². The minimum Gasteiger partial charge on any atom is -0.343 e. The van der Waals surface area contributed by atoms with Crippen molar-refractivity contribution in [2.24, 2.45) is 5.92 Å². The summed E-state index contributed by atoms with van der Waals surface area (Å²) in [5.41, 5.74) is 1.49. The molecule has 10 heteroatoms. The first kappa shape index (κ1) is 25.2. The third-order valence-electron chi connectivity index (χ3n) is 7.12. The number of carbonyl (C=O) groups excluding carboxylic acids is 3. The number of anilines is 1. The lowest BCUT2D eigenvalue weighted by molar-refractivity contribution is -0.142. The first-order valence-electron chi connectivity index (χ1n) is 12.5. The molecule has 0 unspecified atom stereocenters. The number of nitrogens with zero attached hydrogens (tertiary/aromatic N) is 3. The largest absolute Gasteiger partial charge is 0.343 e. The van der Waals surface area contributed by atoms with Crippen LogP contribution in [-0.4, -0.2) is 63.9 Å². The van der Waals surface area contributed by atoms with Crippen molar-refractivity contribution in [1.29, 1.82) is 0 Å². The molecule has 35 heavy (non-hydrogen) atoms. The molecule has 2 fully saturated rings. The lowest BCUT2D eigenvalue weighted by atomic mass is 9.83. The Morgan fingerprint density at radius 3 is 2.51 bits per heavy atom. The van der Waals surface area contributed by atoms with Crippen LogP contribution in [0.15, 0.2) is 30.3 Å². The number of amides is 3. The SMILES string of the molecule is CN[C@H](C)C(=O)N[C@@H](C(=O)N1CCC[C@H]1C(=O)Nc1snnc1-c1ccccc1)C1CCCCC1. The molecule has 4 rings (SSSR count). The predicted molar refractivity (Wildman–Crippen MR) is 136 cm³/mol. The van der Waals surface area contributed by atoms with Crippen LogP contribution < -0.4 is 16.0 Å². The summed E-state index contributed by atoms with van der Waals surface area (Å²) in [5.74, 6) is -0.503. The molecule has 2 heterocycles. The van der Waals surface area contributed by atoms with Crippen molar-refractivity contribution in [3.8, 4) is 11.3 Å². The topological polar surface area (TPSA) is 116 Å². The Hall–Kier alpha value is -2.85. The van der Waals surface area contributed by atoms with E-state index in [0.717, 1.165) is 55.6 Å². The highest BCUT2D eigenvalue weighted by molar-refractivity contribution is 7.10. The normalized spacial score (nSPS) is 20.3. The molecule has 9 nitrogen and oxygen atoms in total. The Morgan fingerprint density at radius 2 is 1.80 bits per heavy atom. The van der Waals surface area contributed by atoms with E-state index in [9.17, 15) is 14.4 Å². The summed E-state index contributed by atoms with van der Waals surface area (Å²) in [6, 6.07) is 7.97. The number of hydrogen-bond acceptors (Lipinski definition) is 7. The van der Waals surface area contributed by atoms with Crippen molar-refractivity contribution >= 4 is 34.3 Å². The molecule has 1 aliphatic heterocycles. The van der Waals surface area contributed by atoms with Crippen LogP contribution in [0.5, 0.6) is 0 Å². The van der Waals surface area contributed by atoms with E-state index in [1.807, 2.05) is 30.3 Å². The summed E-state index contributed by atoms with van der Waals surface area (Å²) in [7, 11) is 1.72. The van der Waals surface area contributed by atoms with E-state index >= 15 is 0 Å². The van der Waals surface area contributed by atoms with Crippen molar-refractivity contribution in [1.82, 2.24) is 25.1 Å². The quantitative estimate of drug-likeness (QED) is 0.515. The van der Waals surface area contributed by atoms with Crippen LogP contribution in [0.4, 0.5) is 5.00 Å². The average molecular weight is 499 g/mol. The molecule has 1 saturated heterocycles. The second kappa shape index (κ2) is 11.7. The fourth-order valence-electron chi connectivity index (χ4n) is 4.99. The third-order valence-corrected chi connectivity index (χ3v) is 7.76. The number of carbonyl (C=O) groups is 3. The minimum absolute atomic E-state index is 0.0870. The van der Waals surface area contributed by atoms with Gasteiger partial charge in [-0.1, -0.05) is 54.1 Å². The number of rotatable bonds is 8. The number of benzene rings is 1. The van der Waals surface area contributed by atoms with E-state index in [-0.39, 0.29) is 23.6 Å². The molecular weight excluding hydrogens is 464 g/mol. The van der Waals surface area contributed by atoms with Crippen LogP contribution in [0.25, 0.3) is 11.3 Å². The van der Waals surface area contributed by atoms with Crippen molar-refractivity contribution in [2.75, 3.05) is 18.9 Å². The fraction of sp³-hybridized carbons (Fsp3) is 0.560. The highest BCUT2D eigenvalue weighted by Crippen LogP contribution is 2.31. The second-order valence-corrected chi connectivity index (χ2v) is 10.1. The lowest BCUT2D eigenvalue weighted by Crippen LogP contribution is -2.57. The molecule has 3 amide bonds. The molecule has 188 valence electrons. The average Bonchev–Trinajstić information content (AvgIpc) is 3.57. The molecule has 3 N–H and O–H groups in total. The molecule has 1 aliphatic carbocycles. The summed E-state index contributed by atoms with van der Waals surface area (Å²) in [6.07, 6.45) is 6.40. The van der Waals surface area contributed by atoms with E-state index in [4.69, 9.17) is 0 Å². The van der Waals surface area contributed by atoms with Gasteiger partial charge in [-0.3, -0.25) is 14.4 Å². The molecule has 2 aliphatic rings. The maximum Gasteiger partial charge on any atom is 0.247 e. The van der Waals surface area contributed by atoms with Crippen molar-refractivity contribution in [2.45, 2.75) is 70.0 Å². The zero-order valence-electron chi connectivity index (χ0n) is 20.3. The maximum absolute atomic E-state index is 13.8. The standard InChI is InChI=1S/C25H34N6O3S/c1-16(26-2)22(32)27-21(18-12-7-4-8-13-18)25(34)31-15-9-14-19(31)23(33)28-24-20(29-30-35-24)17-10-5-3-6-11-17/h3,5-6,10-11,16,18-19,21,26H,4,7-9,12-15H2,1-2H3,(H,27,32)(H,28,33)/t16-,19+,21-/m1/s1. The Balaban J connectivity index is 1.50. The van der Waals surface area contributed by atoms with Gasteiger partial charge >= 0.3 is 0 Å². The van der Waals surface area contributed by atoms with Gasteiger partial charge in [0.25, 0.3) is 0 Å². The van der Waals surface area contributed by atoms with Crippen LogP contribution in [-0.2, 0) is 14.4 Å². The number of likely N-dealkylation sites (tertiary alicyclic amines) is 1. The summed E-state index contributed by atoms with van der Waals surface area (Å²) in [6.45, 7) is 2.28. The van der Waals surface area contributed by atoms with E-state index < -0.39 is 18.1 Å². The molecule has 0 radical (unpaired) electrons. The smallest absolute Gasteiger partial charge is 0.247 e. The monoisotopic (exact) mass is 498 g/mol. The van der Waals surface area contributed by atoms with Gasteiger partial charge in [0.1, 0.15) is 22.8 Å². The highest BCUT2D eigenvalue weighted by atomic mass is 32.1. The van der Waals surface area contributed by atoms with Crippen molar-refractivity contribution in [3.05, 3.63) is 30.3 Å². The van der Waals surface area contributed by atoms with Gasteiger partial charge in [-0.05, 0) is 45.6 Å². The van der Waals surface area contributed by atoms with Gasteiger partial charge in [0.15, 0.2) is 0 Å². The number of aromatic nitrogens is 2. The number of nitrogens with one attached hydrogen (secondary N) is 3. The molecule has 1 saturated carbocycles. The first-order valence-corrected chi connectivity index (χ1v) is 13.2. The molecule has 0 bridgehead atoms. The van der Waals surface area contributed by atoms with E-state index in [2.05, 4.69) is 25.5 Å². The molecule has 3 atom stereocenters. The molecule has 2 aromatic rings. The van der Waals surface area contributed by atoms with Crippen LogP contribution in [0.1, 0.15) is 51.9 Å². The predicted octanol–water partition coefficient (Wildman–Crippen LogP) is 2.81. The van der Waals surface area contributed by atoms with Crippen molar-refractivity contribution in [3.63, 3.8) is 0 Å². The Kier molecular flexibility index (Phi) is 8.46. The van der Waals surface area contributed by atoms with E-state index in [1.165, 1.54) is 0 Å². The number of likely N-dealkylation sites (N-methyl/N-ethyl adjacent to an activating group) is 1. The highest BCUT2D eigenvalue weighted by Gasteiger charge is 2.41. The Labute approximate surface area is 210 Å². The van der Waals surface area contributed by atoms with Gasteiger partial charge in [-0.15, -0.1) is 5.10 Å². The molecule has 1 aromatic heterocycles. The van der Waals surface area contributed by atoms with Gasteiger partial charge in [0.2, 0.25) is 17.7 Å². The van der Waals surface area contributed by atoms with Gasteiger partial charge in [0.05, 0.1) is 6.04 Å². The lowest BCUT2D eigenvalue weighted by Gasteiger charge is -2.35. The summed E-state index contributed by atoms with van der Waals surface area (Å²) in [5, 5.41) is 13.7. The fourth-order valence-corrected chi connectivity index (χ4v) is 5.59. The molecule has 0 spiro atoms. The van der Waals surface area contributed by atoms with Gasteiger partial charge in [0, 0.05) is 23.6 Å². The van der Waals surface area contributed by atoms with Gasteiger partial charge < -0.3 is 20.9 Å². The van der Waals surface area contributed by atoms with Crippen LogP contribution >= 0.6 is 11.5 Å². The zero-order chi connectivity index (χ0) is 24.8. The van der Waals surface area contributed by atoms with Crippen molar-refractivity contribution < 1.29 is 14.4 Å². The Bertz CT molecular complexity index is 1020.